The molecule has 44 heavy (non-hydrogen) atoms. The first-order valence-electron chi connectivity index (χ1n) is 15.5. The summed E-state index contributed by atoms with van der Waals surface area (Å²) in [6.07, 6.45) is 6.77. The van der Waals surface area contributed by atoms with Gasteiger partial charge >= 0.3 is 6.01 Å². The highest BCUT2D eigenvalue weighted by Crippen LogP contribution is 2.42. The molecule has 0 saturated carbocycles. The first kappa shape index (κ1) is 26.3. The fourth-order valence-corrected chi connectivity index (χ4v) is 8.22. The monoisotopic (exact) mass is 598 g/mol. The van der Waals surface area contributed by atoms with Gasteiger partial charge in [-0.1, -0.05) is 6.07 Å². The van der Waals surface area contributed by atoms with Crippen molar-refractivity contribution in [3.05, 3.63) is 48.6 Å². The van der Waals surface area contributed by atoms with Gasteiger partial charge in [0, 0.05) is 60.7 Å². The first-order valence-corrected chi connectivity index (χ1v) is 15.5. The average molecular weight is 599 g/mol. The minimum Gasteiger partial charge on any atom is -0.508 e. The Bertz CT molecular complexity index is 1940. The molecule has 7 heterocycles. The summed E-state index contributed by atoms with van der Waals surface area (Å²) in [5, 5.41) is 17.0. The number of aromatic nitrogens is 3. The summed E-state index contributed by atoms with van der Waals surface area (Å²) < 4.78 is 43.2. The normalized spacial score (nSPS) is 26.8. The van der Waals surface area contributed by atoms with E-state index in [0.717, 1.165) is 61.5 Å². The largest absolute Gasteiger partial charge is 0.508 e. The number of anilines is 1. The number of pyridine rings is 1. The molecule has 2 aromatic carbocycles. The highest BCUT2D eigenvalue weighted by Gasteiger charge is 2.49. The van der Waals surface area contributed by atoms with Crippen LogP contribution in [0.1, 0.15) is 32.1 Å². The standard InChI is InChI=1S/C33H32F2N6O3/c34-19-12-33(7-1-8-41(33)14-19)17-44-32-38-30-25(31(39-32)40-15-20-3-4-21(16-40)37-20)13-36-29(28(30)35)24-11-22(42)10-18-2-5-26-23(27(18)24)6-9-43-26/h2,5-6,9-11,13,19-21,37,42H,1,3-4,7-8,12,14-17H2/t19-,20-,21+,33+/m1/s1. The van der Waals surface area contributed by atoms with Crippen molar-refractivity contribution in [2.24, 2.45) is 0 Å². The summed E-state index contributed by atoms with van der Waals surface area (Å²) in [7, 11) is 0. The van der Waals surface area contributed by atoms with Gasteiger partial charge in [-0.2, -0.15) is 9.97 Å². The molecular weight excluding hydrogens is 566 g/mol. The number of hydrogen-bond acceptors (Lipinski definition) is 9. The molecule has 4 aliphatic heterocycles. The molecule has 2 bridgehead atoms. The lowest BCUT2D eigenvalue weighted by molar-refractivity contribution is 0.107. The third-order valence-corrected chi connectivity index (χ3v) is 10.2. The van der Waals surface area contributed by atoms with E-state index in [1.165, 1.54) is 6.07 Å². The molecule has 4 atom stereocenters. The van der Waals surface area contributed by atoms with E-state index in [2.05, 4.69) is 25.1 Å². The number of fused-ring (bicyclic) bond motifs is 7. The molecule has 4 saturated heterocycles. The van der Waals surface area contributed by atoms with Crippen LogP contribution in [0.4, 0.5) is 14.6 Å². The van der Waals surface area contributed by atoms with E-state index in [1.807, 2.05) is 18.2 Å². The Morgan fingerprint density at radius 2 is 1.95 bits per heavy atom. The van der Waals surface area contributed by atoms with Gasteiger partial charge in [0.2, 0.25) is 0 Å². The zero-order valence-corrected chi connectivity index (χ0v) is 24.1. The van der Waals surface area contributed by atoms with E-state index in [9.17, 15) is 9.50 Å². The Balaban J connectivity index is 1.20. The number of furan rings is 1. The minimum absolute atomic E-state index is 0.00318. The number of phenols is 1. The number of rotatable bonds is 5. The van der Waals surface area contributed by atoms with Crippen LogP contribution in [-0.4, -0.2) is 81.5 Å². The van der Waals surface area contributed by atoms with Crippen LogP contribution >= 0.6 is 0 Å². The van der Waals surface area contributed by atoms with E-state index in [0.29, 0.717) is 47.4 Å². The van der Waals surface area contributed by atoms with Gasteiger partial charge in [-0.15, -0.1) is 0 Å². The number of nitrogens with zero attached hydrogens (tertiary/aromatic N) is 5. The van der Waals surface area contributed by atoms with E-state index in [-0.39, 0.29) is 35.1 Å². The Hall–Kier alpha value is -4.09. The zero-order valence-electron chi connectivity index (χ0n) is 24.1. The molecule has 5 aromatic rings. The number of piperazine rings is 1. The lowest BCUT2D eigenvalue weighted by atomic mass is 9.95. The van der Waals surface area contributed by atoms with Gasteiger partial charge < -0.3 is 24.5 Å². The Morgan fingerprint density at radius 3 is 2.82 bits per heavy atom. The van der Waals surface area contributed by atoms with E-state index in [1.54, 1.807) is 18.5 Å². The molecule has 0 aliphatic carbocycles. The molecule has 3 aromatic heterocycles. The summed E-state index contributed by atoms with van der Waals surface area (Å²) in [5.41, 5.74) is 0.883. The molecule has 0 amide bonds. The second-order valence-electron chi connectivity index (χ2n) is 12.9. The van der Waals surface area contributed by atoms with Gasteiger partial charge in [-0.3, -0.25) is 9.88 Å². The van der Waals surface area contributed by atoms with Crippen molar-refractivity contribution < 1.29 is 23.0 Å². The Labute approximate surface area is 251 Å². The highest BCUT2D eigenvalue weighted by molar-refractivity contribution is 6.13. The molecule has 9 rings (SSSR count). The molecule has 4 fully saturated rings. The Kier molecular flexibility index (Phi) is 5.81. The zero-order chi connectivity index (χ0) is 29.6. The number of alkyl halides is 1. The summed E-state index contributed by atoms with van der Waals surface area (Å²) in [4.78, 5) is 18.5. The van der Waals surface area contributed by atoms with Crippen molar-refractivity contribution in [1.82, 2.24) is 25.2 Å². The molecule has 0 radical (unpaired) electrons. The van der Waals surface area contributed by atoms with Crippen LogP contribution < -0.4 is 15.0 Å². The van der Waals surface area contributed by atoms with Gasteiger partial charge in [-0.25, -0.2) is 8.78 Å². The maximum absolute atomic E-state index is 16.8. The SMILES string of the molecule is Oc1cc(-c2ncc3c(N4C[C@H]5CC[C@@H](C4)N5)nc(OC[C@@]45CCCN4C[C@H](F)C5)nc3c2F)c2c(ccc3occc32)c1. The second-order valence-corrected chi connectivity index (χ2v) is 12.9. The van der Waals surface area contributed by atoms with Gasteiger partial charge in [0.15, 0.2) is 5.82 Å². The maximum atomic E-state index is 16.8. The number of nitrogens with one attached hydrogen (secondary N) is 1. The predicted molar refractivity (Wildman–Crippen MR) is 162 cm³/mol. The molecule has 0 unspecified atom stereocenters. The van der Waals surface area contributed by atoms with Gasteiger partial charge in [0.1, 0.15) is 41.1 Å². The summed E-state index contributed by atoms with van der Waals surface area (Å²) in [6.45, 7) is 3.00. The quantitative estimate of drug-likeness (QED) is 0.278. The van der Waals surface area contributed by atoms with Crippen molar-refractivity contribution in [3.8, 4) is 23.0 Å². The highest BCUT2D eigenvalue weighted by atomic mass is 19.1. The molecule has 4 aliphatic rings. The fourth-order valence-electron chi connectivity index (χ4n) is 8.22. The number of phenolic OH excluding ortho intramolecular Hbond substituents is 1. The smallest absolute Gasteiger partial charge is 0.319 e. The molecule has 2 N–H and O–H groups in total. The lowest BCUT2D eigenvalue weighted by Gasteiger charge is -2.34. The minimum atomic E-state index is -0.881. The summed E-state index contributed by atoms with van der Waals surface area (Å²) in [6, 6.07) is 9.42. The number of aromatic hydroxyl groups is 1. The lowest BCUT2D eigenvalue weighted by Crippen LogP contribution is -2.51. The van der Waals surface area contributed by atoms with Crippen LogP contribution in [0.5, 0.6) is 11.8 Å². The fraction of sp³-hybridized carbons (Fsp3) is 0.424. The van der Waals surface area contributed by atoms with Crippen LogP contribution in [0.2, 0.25) is 0 Å². The van der Waals surface area contributed by atoms with Crippen molar-refractivity contribution in [1.29, 1.82) is 0 Å². The van der Waals surface area contributed by atoms with Gasteiger partial charge in [0.05, 0.1) is 17.2 Å². The van der Waals surface area contributed by atoms with Crippen LogP contribution in [0.25, 0.3) is 43.9 Å². The molecule has 9 nitrogen and oxygen atoms in total. The van der Waals surface area contributed by atoms with Gasteiger partial charge in [-0.05, 0) is 61.9 Å². The van der Waals surface area contributed by atoms with Crippen molar-refractivity contribution in [2.45, 2.75) is 55.9 Å². The first-order chi connectivity index (χ1) is 21.4. The number of benzene rings is 2. The molecule has 226 valence electrons. The summed E-state index contributed by atoms with van der Waals surface area (Å²) in [5.74, 6) is -0.0230. The van der Waals surface area contributed by atoms with Crippen LogP contribution in [0.3, 0.4) is 0 Å². The molecule has 0 spiro atoms. The van der Waals surface area contributed by atoms with Crippen molar-refractivity contribution in [3.63, 3.8) is 0 Å². The number of ether oxygens (including phenoxy) is 1. The van der Waals surface area contributed by atoms with E-state index >= 15 is 4.39 Å². The topological polar surface area (TPSA) is 99.8 Å². The van der Waals surface area contributed by atoms with Crippen molar-refractivity contribution in [2.75, 3.05) is 37.7 Å². The van der Waals surface area contributed by atoms with Crippen LogP contribution in [0, 0.1) is 5.82 Å². The predicted octanol–water partition coefficient (Wildman–Crippen LogP) is 5.33. The third-order valence-electron chi connectivity index (χ3n) is 10.2. The molecule has 11 heteroatoms. The second kappa shape index (κ2) is 9.70. The maximum Gasteiger partial charge on any atom is 0.319 e. The van der Waals surface area contributed by atoms with E-state index < -0.39 is 12.0 Å². The number of hydrogen-bond donors (Lipinski definition) is 2. The third kappa shape index (κ3) is 4.05. The summed E-state index contributed by atoms with van der Waals surface area (Å²) >= 11 is 0. The van der Waals surface area contributed by atoms with Crippen LogP contribution in [0.15, 0.2) is 47.2 Å². The average Bonchev–Trinajstić information content (AvgIpc) is 3.79. The van der Waals surface area contributed by atoms with Gasteiger partial charge in [0.25, 0.3) is 0 Å². The van der Waals surface area contributed by atoms with Crippen LogP contribution in [-0.2, 0) is 0 Å². The van der Waals surface area contributed by atoms with Crippen molar-refractivity contribution >= 4 is 38.5 Å². The van der Waals surface area contributed by atoms with E-state index in [4.69, 9.17) is 14.1 Å². The Morgan fingerprint density at radius 1 is 1.09 bits per heavy atom. The number of halogens is 2. The molecular formula is C33H32F2N6O3.